The van der Waals surface area contributed by atoms with Gasteiger partial charge in [0.2, 0.25) is 0 Å². The summed E-state index contributed by atoms with van der Waals surface area (Å²) >= 11 is 0. The molecule has 0 aliphatic carbocycles. The number of ether oxygens (including phenoxy) is 1. The molecule has 0 spiro atoms. The number of hydrogen-bond donors (Lipinski definition) is 1. The van der Waals surface area contributed by atoms with E-state index in [0.29, 0.717) is 31.1 Å². The molecular weight excluding hydrogens is 392 g/mol. The predicted molar refractivity (Wildman–Crippen MR) is 116 cm³/mol. The molecule has 1 fully saturated rings. The van der Waals surface area contributed by atoms with E-state index in [-0.39, 0.29) is 11.8 Å². The summed E-state index contributed by atoms with van der Waals surface area (Å²) in [5.41, 5.74) is 2.40. The van der Waals surface area contributed by atoms with Gasteiger partial charge in [0.25, 0.3) is 5.91 Å². The maximum atomic E-state index is 13.1. The van der Waals surface area contributed by atoms with Crippen molar-refractivity contribution in [2.24, 2.45) is 0 Å². The van der Waals surface area contributed by atoms with E-state index < -0.39 is 0 Å². The van der Waals surface area contributed by atoms with Gasteiger partial charge in [0.1, 0.15) is 11.5 Å². The van der Waals surface area contributed by atoms with Gasteiger partial charge in [-0.2, -0.15) is 5.10 Å². The van der Waals surface area contributed by atoms with Gasteiger partial charge in [-0.25, -0.2) is 4.98 Å². The van der Waals surface area contributed by atoms with Crippen molar-refractivity contribution < 1.29 is 13.9 Å². The van der Waals surface area contributed by atoms with Gasteiger partial charge < -0.3 is 14.1 Å². The number of aromatic nitrogens is 3. The molecule has 4 aromatic rings. The Labute approximate surface area is 180 Å². The molecule has 1 amide bonds. The van der Waals surface area contributed by atoms with Crippen molar-refractivity contribution in [2.75, 3.05) is 20.2 Å². The van der Waals surface area contributed by atoms with Crippen LogP contribution in [0.4, 0.5) is 0 Å². The van der Waals surface area contributed by atoms with Gasteiger partial charge in [-0.1, -0.05) is 36.4 Å². The van der Waals surface area contributed by atoms with Crippen LogP contribution >= 0.6 is 0 Å². The molecule has 7 nitrogen and oxygen atoms in total. The minimum atomic E-state index is -0.0528. The second kappa shape index (κ2) is 8.26. The van der Waals surface area contributed by atoms with Crippen molar-refractivity contribution in [1.82, 2.24) is 20.1 Å². The van der Waals surface area contributed by atoms with Gasteiger partial charge in [-0.3, -0.25) is 9.89 Å². The fraction of sp³-hybridized carbons (Fsp3) is 0.292. The Kier molecular flexibility index (Phi) is 5.16. The Hall–Kier alpha value is -3.61. The van der Waals surface area contributed by atoms with E-state index in [4.69, 9.17) is 9.15 Å². The minimum absolute atomic E-state index is 0.0528. The Bertz CT molecular complexity index is 1210. The van der Waals surface area contributed by atoms with E-state index >= 15 is 0 Å². The highest BCUT2D eigenvalue weighted by atomic mass is 16.5. The number of nitrogens with zero attached hydrogens (tertiary/aromatic N) is 3. The Morgan fingerprint density at radius 2 is 2.06 bits per heavy atom. The number of H-pyrrole nitrogens is 1. The molecule has 0 bridgehead atoms. The maximum absolute atomic E-state index is 13.1. The van der Waals surface area contributed by atoms with Crippen LogP contribution in [0, 0.1) is 0 Å². The number of methoxy groups -OCH3 is 1. The van der Waals surface area contributed by atoms with Gasteiger partial charge in [0.15, 0.2) is 11.6 Å². The average molecular weight is 416 g/mol. The zero-order valence-electron chi connectivity index (χ0n) is 17.4. The molecule has 7 heteroatoms. The molecule has 1 saturated heterocycles. The topological polar surface area (TPSA) is 84.2 Å². The van der Waals surface area contributed by atoms with Crippen LogP contribution in [-0.4, -0.2) is 46.2 Å². The molecule has 3 heterocycles. The van der Waals surface area contributed by atoms with E-state index in [0.717, 1.165) is 40.8 Å². The number of piperidine rings is 1. The third-order valence-electron chi connectivity index (χ3n) is 5.86. The molecular formula is C24H24N4O3. The summed E-state index contributed by atoms with van der Waals surface area (Å²) in [4.78, 5) is 19.5. The van der Waals surface area contributed by atoms with Crippen molar-refractivity contribution in [3.8, 4) is 5.75 Å². The number of oxazole rings is 1. The van der Waals surface area contributed by atoms with Gasteiger partial charge >= 0.3 is 0 Å². The third kappa shape index (κ3) is 3.79. The smallest absolute Gasteiger partial charge is 0.275 e. The molecule has 1 aliphatic heterocycles. The van der Waals surface area contributed by atoms with Crippen molar-refractivity contribution >= 4 is 16.8 Å². The number of para-hydroxylation sites is 2. The Morgan fingerprint density at radius 3 is 2.97 bits per heavy atom. The van der Waals surface area contributed by atoms with E-state index in [1.54, 1.807) is 13.3 Å². The molecule has 5 rings (SSSR count). The third-order valence-corrected chi connectivity index (χ3v) is 5.86. The van der Waals surface area contributed by atoms with Crippen LogP contribution in [0.25, 0.3) is 10.9 Å². The first-order valence-corrected chi connectivity index (χ1v) is 10.5. The fourth-order valence-corrected chi connectivity index (χ4v) is 4.27. The highest BCUT2D eigenvalue weighted by Crippen LogP contribution is 2.29. The second-order valence-electron chi connectivity index (χ2n) is 7.86. The van der Waals surface area contributed by atoms with Crippen LogP contribution in [0.1, 0.15) is 46.5 Å². The number of amides is 1. The minimum Gasteiger partial charge on any atom is -0.496 e. The molecule has 0 radical (unpaired) electrons. The van der Waals surface area contributed by atoms with Crippen LogP contribution in [0.2, 0.25) is 0 Å². The molecule has 2 aromatic heterocycles. The lowest BCUT2D eigenvalue weighted by Gasteiger charge is -2.30. The zero-order valence-corrected chi connectivity index (χ0v) is 17.4. The molecule has 1 N–H and O–H groups in total. The predicted octanol–water partition coefficient (Wildman–Crippen LogP) is 4.17. The van der Waals surface area contributed by atoms with Crippen molar-refractivity contribution in [2.45, 2.75) is 25.2 Å². The van der Waals surface area contributed by atoms with Gasteiger partial charge in [0, 0.05) is 30.5 Å². The van der Waals surface area contributed by atoms with Crippen LogP contribution in [0.15, 0.2) is 59.1 Å². The van der Waals surface area contributed by atoms with Crippen LogP contribution in [0.3, 0.4) is 0 Å². The van der Waals surface area contributed by atoms with Crippen molar-refractivity contribution in [3.05, 3.63) is 77.6 Å². The number of aromatic amines is 1. The first kappa shape index (κ1) is 19.4. The summed E-state index contributed by atoms with van der Waals surface area (Å²) in [5, 5.41) is 8.07. The second-order valence-corrected chi connectivity index (χ2v) is 7.86. The molecule has 0 saturated carbocycles. The Morgan fingerprint density at radius 1 is 1.23 bits per heavy atom. The zero-order chi connectivity index (χ0) is 21.2. The molecule has 1 unspecified atom stereocenters. The summed E-state index contributed by atoms with van der Waals surface area (Å²) in [6.07, 6.45) is 4.25. The molecule has 158 valence electrons. The largest absolute Gasteiger partial charge is 0.496 e. The van der Waals surface area contributed by atoms with Crippen LogP contribution in [0.5, 0.6) is 5.75 Å². The summed E-state index contributed by atoms with van der Waals surface area (Å²) < 4.78 is 11.5. The average Bonchev–Trinajstić information content (AvgIpc) is 3.46. The first-order valence-electron chi connectivity index (χ1n) is 10.5. The highest BCUT2D eigenvalue weighted by Gasteiger charge is 2.30. The first-order chi connectivity index (χ1) is 15.2. The van der Waals surface area contributed by atoms with E-state index in [1.165, 1.54) is 0 Å². The number of benzene rings is 2. The number of hydrogen-bond acceptors (Lipinski definition) is 5. The summed E-state index contributed by atoms with van der Waals surface area (Å²) in [6.45, 7) is 1.29. The summed E-state index contributed by atoms with van der Waals surface area (Å²) in [7, 11) is 1.67. The summed E-state index contributed by atoms with van der Waals surface area (Å²) in [5.74, 6) is 2.34. The molecule has 1 atom stereocenters. The number of carbonyl (C=O) groups excluding carboxylic acids is 1. The van der Waals surface area contributed by atoms with Gasteiger partial charge in [-0.15, -0.1) is 0 Å². The number of carbonyl (C=O) groups is 1. The van der Waals surface area contributed by atoms with Gasteiger partial charge in [0.05, 0.1) is 24.7 Å². The molecule has 2 aromatic carbocycles. The van der Waals surface area contributed by atoms with Crippen molar-refractivity contribution in [1.29, 1.82) is 0 Å². The molecule has 1 aliphatic rings. The maximum Gasteiger partial charge on any atom is 0.275 e. The normalized spacial score (nSPS) is 16.5. The SMILES string of the molecule is COc1ccccc1Cc1cnc(C2CCCN(C(=O)c3n[nH]c4ccccc34)C2)o1. The van der Waals surface area contributed by atoms with Crippen molar-refractivity contribution in [3.63, 3.8) is 0 Å². The number of nitrogens with one attached hydrogen (secondary N) is 1. The van der Waals surface area contributed by atoms with E-state index in [1.807, 2.05) is 53.4 Å². The molecule has 31 heavy (non-hydrogen) atoms. The standard InChI is InChI=1S/C24H24N4O3/c1-30-21-11-5-2-7-16(21)13-18-14-25-23(31-18)17-8-6-12-28(15-17)24(29)22-19-9-3-4-10-20(19)26-27-22/h2-5,7,9-11,14,17H,6,8,12-13,15H2,1H3,(H,26,27). The van der Waals surface area contributed by atoms with Gasteiger partial charge in [-0.05, 0) is 25.0 Å². The lowest BCUT2D eigenvalue weighted by molar-refractivity contribution is 0.0694. The van der Waals surface area contributed by atoms with Crippen LogP contribution < -0.4 is 4.74 Å². The lowest BCUT2D eigenvalue weighted by Crippen LogP contribution is -2.39. The number of fused-ring (bicyclic) bond motifs is 1. The monoisotopic (exact) mass is 416 g/mol. The highest BCUT2D eigenvalue weighted by molar-refractivity contribution is 6.04. The van der Waals surface area contributed by atoms with E-state index in [9.17, 15) is 4.79 Å². The Balaban J connectivity index is 1.31. The number of likely N-dealkylation sites (tertiary alicyclic amines) is 1. The lowest BCUT2D eigenvalue weighted by atomic mass is 9.97. The quantitative estimate of drug-likeness (QED) is 0.528. The van der Waals surface area contributed by atoms with Crippen LogP contribution in [-0.2, 0) is 6.42 Å². The summed E-state index contributed by atoms with van der Waals surface area (Å²) in [6, 6.07) is 15.6. The number of rotatable bonds is 5. The fourth-order valence-electron chi connectivity index (χ4n) is 4.27. The van der Waals surface area contributed by atoms with E-state index in [2.05, 4.69) is 15.2 Å².